The molecule has 1 aromatic heterocycles. The third-order valence-electron chi connectivity index (χ3n) is 3.76. The van der Waals surface area contributed by atoms with Gasteiger partial charge in [0.15, 0.2) is 0 Å². The van der Waals surface area contributed by atoms with Gasteiger partial charge in [0.2, 0.25) is 17.8 Å². The van der Waals surface area contributed by atoms with Gasteiger partial charge in [0.25, 0.3) is 0 Å². The third-order valence-corrected chi connectivity index (χ3v) is 3.76. The van der Waals surface area contributed by atoms with E-state index in [0.717, 1.165) is 18.2 Å². The van der Waals surface area contributed by atoms with E-state index in [0.29, 0.717) is 0 Å². The van der Waals surface area contributed by atoms with Gasteiger partial charge in [-0.05, 0) is 18.2 Å². The van der Waals surface area contributed by atoms with Crippen LogP contribution in [0.25, 0.3) is 0 Å². The maximum absolute atomic E-state index is 12.8. The Kier molecular flexibility index (Phi) is 4.14. The first-order chi connectivity index (χ1) is 12.1. The summed E-state index contributed by atoms with van der Waals surface area (Å²) in [5.41, 5.74) is 10.4. The first-order valence-electron chi connectivity index (χ1n) is 7.36. The Labute approximate surface area is 144 Å². The average molecular weight is 366 g/mol. The minimum absolute atomic E-state index is 0.00967. The van der Waals surface area contributed by atoms with Gasteiger partial charge < -0.3 is 22.1 Å². The van der Waals surface area contributed by atoms with E-state index in [1.807, 2.05) is 0 Å². The zero-order valence-electron chi connectivity index (χ0n) is 13.1. The molecule has 6 N–H and O–H groups in total. The zero-order chi connectivity index (χ0) is 19.1. The fourth-order valence-electron chi connectivity index (χ4n) is 2.64. The largest absolute Gasteiger partial charge is 0.416 e. The summed E-state index contributed by atoms with van der Waals surface area (Å²) in [6.07, 6.45) is -4.80. The number of carbonyl (C=O) groups excluding carboxylic acids is 2. The number of benzene rings is 1. The first-order valence-corrected chi connectivity index (χ1v) is 7.36. The van der Waals surface area contributed by atoms with Crippen LogP contribution in [0.2, 0.25) is 0 Å². The molecule has 2 heterocycles. The molecule has 1 atom stereocenters. The molecule has 11 heteroatoms. The zero-order valence-corrected chi connectivity index (χ0v) is 13.1. The molecule has 0 saturated heterocycles. The average Bonchev–Trinajstić information content (AvgIpc) is 2.52. The number of carbonyl (C=O) groups is 2. The van der Waals surface area contributed by atoms with Crippen LogP contribution in [0.3, 0.4) is 0 Å². The summed E-state index contributed by atoms with van der Waals surface area (Å²) in [5.74, 6) is -2.53. The smallest absolute Gasteiger partial charge is 0.383 e. The molecule has 2 amide bonds. The maximum Gasteiger partial charge on any atom is 0.416 e. The monoisotopic (exact) mass is 366 g/mol. The number of halogens is 3. The summed E-state index contributed by atoms with van der Waals surface area (Å²) >= 11 is 0. The van der Waals surface area contributed by atoms with Crippen molar-refractivity contribution in [2.75, 3.05) is 22.1 Å². The van der Waals surface area contributed by atoms with Crippen molar-refractivity contribution in [1.82, 2.24) is 9.97 Å². The second-order valence-corrected chi connectivity index (χ2v) is 5.60. The Morgan fingerprint density at radius 1 is 1.27 bits per heavy atom. The van der Waals surface area contributed by atoms with E-state index in [-0.39, 0.29) is 35.3 Å². The number of fused-ring (bicyclic) bond motifs is 1. The van der Waals surface area contributed by atoms with Crippen molar-refractivity contribution in [1.29, 1.82) is 0 Å². The maximum atomic E-state index is 12.8. The Morgan fingerprint density at radius 2 is 2.00 bits per heavy atom. The van der Waals surface area contributed by atoms with Gasteiger partial charge in [-0.1, -0.05) is 6.07 Å². The van der Waals surface area contributed by atoms with E-state index in [1.165, 1.54) is 6.07 Å². The van der Waals surface area contributed by atoms with Crippen LogP contribution in [0.5, 0.6) is 0 Å². The van der Waals surface area contributed by atoms with Gasteiger partial charge >= 0.3 is 6.18 Å². The summed E-state index contributed by atoms with van der Waals surface area (Å²) < 4.78 is 38.4. The number of hydrogen-bond donors (Lipinski definition) is 4. The third kappa shape index (κ3) is 3.36. The van der Waals surface area contributed by atoms with Crippen molar-refractivity contribution in [3.63, 3.8) is 0 Å². The minimum Gasteiger partial charge on any atom is -0.383 e. The lowest BCUT2D eigenvalue weighted by molar-refractivity contribution is -0.137. The van der Waals surface area contributed by atoms with Gasteiger partial charge in [-0.15, -0.1) is 0 Å². The molecule has 136 valence electrons. The van der Waals surface area contributed by atoms with Gasteiger partial charge in [0, 0.05) is 12.1 Å². The molecule has 0 spiro atoms. The van der Waals surface area contributed by atoms with Crippen LogP contribution in [0.15, 0.2) is 24.3 Å². The fraction of sp³-hybridized carbons (Fsp3) is 0.200. The molecule has 8 nitrogen and oxygen atoms in total. The lowest BCUT2D eigenvalue weighted by Crippen LogP contribution is -2.32. The molecule has 2 aromatic rings. The highest BCUT2D eigenvalue weighted by Gasteiger charge is 2.35. The number of rotatable bonds is 2. The van der Waals surface area contributed by atoms with Gasteiger partial charge in [0.1, 0.15) is 11.6 Å². The molecule has 0 bridgehead atoms. The number of anilines is 4. The van der Waals surface area contributed by atoms with E-state index in [4.69, 9.17) is 11.5 Å². The van der Waals surface area contributed by atoms with Gasteiger partial charge in [0.05, 0.1) is 17.0 Å². The number of nitrogens with zero attached hydrogens (tertiary/aromatic N) is 2. The number of nitrogens with one attached hydrogen (secondary N) is 2. The van der Waals surface area contributed by atoms with Crippen molar-refractivity contribution in [2.24, 2.45) is 0 Å². The standard InChI is InChI=1S/C15H13F3N6O2/c16-15(17,18)6-2-1-3-7(4-6)21-13(26)8-5-9(25)22-12-10(8)11(19)23-14(20)24-12/h1-4,8H,5H2,(H,21,26)(H5,19,20,22,23,24,25). The van der Waals surface area contributed by atoms with E-state index >= 15 is 0 Å². The predicted octanol–water partition coefficient (Wildman–Crippen LogP) is 1.72. The lowest BCUT2D eigenvalue weighted by atomic mass is 9.92. The van der Waals surface area contributed by atoms with Crippen LogP contribution in [-0.4, -0.2) is 21.8 Å². The van der Waals surface area contributed by atoms with Gasteiger partial charge in [-0.2, -0.15) is 23.1 Å². The van der Waals surface area contributed by atoms with Crippen molar-refractivity contribution < 1.29 is 22.8 Å². The minimum atomic E-state index is -4.55. The quantitative estimate of drug-likeness (QED) is 0.639. The number of alkyl halides is 3. The first kappa shape index (κ1) is 17.5. The molecule has 3 rings (SSSR count). The lowest BCUT2D eigenvalue weighted by Gasteiger charge is -2.25. The van der Waals surface area contributed by atoms with Gasteiger partial charge in [-0.3, -0.25) is 9.59 Å². The number of aromatic nitrogens is 2. The normalized spacial score (nSPS) is 16.6. The molecular formula is C15H13F3N6O2. The molecule has 0 radical (unpaired) electrons. The highest BCUT2D eigenvalue weighted by atomic mass is 19.4. The molecule has 26 heavy (non-hydrogen) atoms. The second-order valence-electron chi connectivity index (χ2n) is 5.60. The summed E-state index contributed by atoms with van der Waals surface area (Å²) in [4.78, 5) is 32.0. The predicted molar refractivity (Wildman–Crippen MR) is 86.9 cm³/mol. The van der Waals surface area contributed by atoms with Crippen LogP contribution < -0.4 is 22.1 Å². The molecule has 1 aromatic carbocycles. The summed E-state index contributed by atoms with van der Waals surface area (Å²) in [6.45, 7) is 0. The number of hydrogen-bond acceptors (Lipinski definition) is 6. The van der Waals surface area contributed by atoms with E-state index < -0.39 is 29.5 Å². The second kappa shape index (κ2) is 6.17. The summed E-state index contributed by atoms with van der Waals surface area (Å²) in [7, 11) is 0. The van der Waals surface area contributed by atoms with Crippen molar-refractivity contribution >= 4 is 35.1 Å². The van der Waals surface area contributed by atoms with Crippen LogP contribution in [0.1, 0.15) is 23.5 Å². The molecule has 1 aliphatic heterocycles. The highest BCUT2D eigenvalue weighted by Crippen LogP contribution is 2.36. The summed E-state index contributed by atoms with van der Waals surface area (Å²) in [5, 5.41) is 4.81. The van der Waals surface area contributed by atoms with Crippen LogP contribution in [0, 0.1) is 0 Å². The highest BCUT2D eigenvalue weighted by molar-refractivity contribution is 6.05. The van der Waals surface area contributed by atoms with Crippen LogP contribution in [-0.2, 0) is 15.8 Å². The van der Waals surface area contributed by atoms with E-state index in [2.05, 4.69) is 20.6 Å². The van der Waals surface area contributed by atoms with Crippen molar-refractivity contribution in [2.45, 2.75) is 18.5 Å². The Bertz CT molecular complexity index is 899. The van der Waals surface area contributed by atoms with Crippen LogP contribution in [0.4, 0.5) is 36.4 Å². The topological polar surface area (TPSA) is 136 Å². The molecular weight excluding hydrogens is 353 g/mol. The van der Waals surface area contributed by atoms with Crippen LogP contribution >= 0.6 is 0 Å². The number of amides is 2. The van der Waals surface area contributed by atoms with E-state index in [1.54, 1.807) is 0 Å². The van der Waals surface area contributed by atoms with Crippen molar-refractivity contribution in [3.05, 3.63) is 35.4 Å². The van der Waals surface area contributed by atoms with E-state index in [9.17, 15) is 22.8 Å². The van der Waals surface area contributed by atoms with Crippen molar-refractivity contribution in [3.8, 4) is 0 Å². The molecule has 1 unspecified atom stereocenters. The fourth-order valence-corrected chi connectivity index (χ4v) is 2.64. The Morgan fingerprint density at radius 3 is 2.69 bits per heavy atom. The summed E-state index contributed by atoms with van der Waals surface area (Å²) in [6, 6.07) is 4.15. The molecule has 0 saturated carbocycles. The number of nitrogens with two attached hydrogens (primary N) is 2. The number of nitrogen functional groups attached to an aromatic ring is 2. The molecule has 1 aliphatic rings. The Balaban J connectivity index is 1.91. The SMILES string of the molecule is Nc1nc(N)c2c(n1)NC(=O)CC2C(=O)Nc1cccc(C(F)(F)F)c1. The molecule has 0 aliphatic carbocycles. The van der Waals surface area contributed by atoms with Gasteiger partial charge in [-0.25, -0.2) is 0 Å². The molecule has 0 fully saturated rings. The Hall–Kier alpha value is -3.37.